The highest BCUT2D eigenvalue weighted by Crippen LogP contribution is 2.29. The third-order valence-electron chi connectivity index (χ3n) is 5.02. The van der Waals surface area contributed by atoms with Crippen LogP contribution >= 0.6 is 11.6 Å². The lowest BCUT2D eigenvalue weighted by Crippen LogP contribution is -2.26. The van der Waals surface area contributed by atoms with Gasteiger partial charge in [0, 0.05) is 32.4 Å². The van der Waals surface area contributed by atoms with Gasteiger partial charge in [0.15, 0.2) is 5.76 Å². The maximum absolute atomic E-state index is 12.7. The summed E-state index contributed by atoms with van der Waals surface area (Å²) in [6.07, 6.45) is 4.87. The van der Waals surface area contributed by atoms with E-state index >= 15 is 0 Å². The van der Waals surface area contributed by atoms with Crippen molar-refractivity contribution in [2.45, 2.75) is 20.1 Å². The molecule has 2 N–H and O–H groups in total. The second-order valence-electron chi connectivity index (χ2n) is 7.63. The molecule has 0 radical (unpaired) electrons. The largest absolute Gasteiger partial charge is 0.484 e. The molecular formula is C23H23ClN6O4. The van der Waals surface area contributed by atoms with Crippen molar-refractivity contribution in [2.75, 3.05) is 5.32 Å². The molecule has 0 bridgehead atoms. The Balaban J connectivity index is 1.39. The van der Waals surface area contributed by atoms with Gasteiger partial charge in [-0.05, 0) is 30.7 Å². The van der Waals surface area contributed by atoms with E-state index in [2.05, 4.69) is 20.8 Å². The lowest BCUT2D eigenvalue weighted by molar-refractivity contribution is 0.0942. The molecule has 4 rings (SSSR count). The molecule has 0 atom stereocenters. The Hall–Kier alpha value is -4.05. The number of nitrogens with zero attached hydrogens (tertiary/aromatic N) is 4. The average Bonchev–Trinajstić information content (AvgIpc) is 3.52. The highest BCUT2D eigenvalue weighted by atomic mass is 35.5. The van der Waals surface area contributed by atoms with Gasteiger partial charge in [-0.3, -0.25) is 19.0 Å². The standard InChI is InChI=1S/C23H23ClN6O4/c1-14-5-4-6-17(24)21(14)33-13-16-7-8-19(34-16)22(31)28-18-11-27-30(3)20(18)23(32)25-9-15-10-26-29(2)12-15/h4-8,10-12H,9,13H2,1-3H3,(H,25,32)(H,28,31). The number of aromatic nitrogens is 4. The number of amides is 2. The zero-order valence-electron chi connectivity index (χ0n) is 18.8. The fourth-order valence-corrected chi connectivity index (χ4v) is 3.61. The summed E-state index contributed by atoms with van der Waals surface area (Å²) in [5.41, 5.74) is 2.21. The monoisotopic (exact) mass is 482 g/mol. The number of nitrogens with one attached hydrogen (secondary N) is 2. The number of carbonyl (C=O) groups is 2. The van der Waals surface area contributed by atoms with Crippen LogP contribution in [0, 0.1) is 6.92 Å². The van der Waals surface area contributed by atoms with Crippen LogP contribution in [0.5, 0.6) is 5.75 Å². The van der Waals surface area contributed by atoms with Crippen molar-refractivity contribution in [3.05, 3.63) is 82.3 Å². The van der Waals surface area contributed by atoms with Crippen LogP contribution in [-0.4, -0.2) is 31.4 Å². The number of aryl methyl sites for hydroxylation is 3. The Kier molecular flexibility index (Phi) is 6.69. The molecule has 10 nitrogen and oxygen atoms in total. The number of rotatable bonds is 8. The first kappa shape index (κ1) is 23.1. The SMILES string of the molecule is Cc1cccc(Cl)c1OCc1ccc(C(=O)Nc2cnn(C)c2C(=O)NCc2cnn(C)c2)o1. The first-order chi connectivity index (χ1) is 16.3. The number of hydrogen-bond acceptors (Lipinski definition) is 6. The van der Waals surface area contributed by atoms with E-state index in [-0.39, 0.29) is 36.2 Å². The summed E-state index contributed by atoms with van der Waals surface area (Å²) in [7, 11) is 3.41. The zero-order chi connectivity index (χ0) is 24.2. The summed E-state index contributed by atoms with van der Waals surface area (Å²) >= 11 is 6.18. The van der Waals surface area contributed by atoms with Crippen LogP contribution in [0.25, 0.3) is 0 Å². The Morgan fingerprint density at radius 3 is 2.68 bits per heavy atom. The van der Waals surface area contributed by atoms with Crippen LogP contribution in [0.2, 0.25) is 5.02 Å². The van der Waals surface area contributed by atoms with Crippen LogP contribution in [0.4, 0.5) is 5.69 Å². The number of benzene rings is 1. The van der Waals surface area contributed by atoms with Gasteiger partial charge in [0.05, 0.1) is 23.1 Å². The normalized spacial score (nSPS) is 10.8. The quantitative estimate of drug-likeness (QED) is 0.397. The van der Waals surface area contributed by atoms with Gasteiger partial charge in [0.1, 0.15) is 23.8 Å². The van der Waals surface area contributed by atoms with Gasteiger partial charge in [-0.2, -0.15) is 10.2 Å². The van der Waals surface area contributed by atoms with Gasteiger partial charge >= 0.3 is 0 Å². The van der Waals surface area contributed by atoms with Gasteiger partial charge in [-0.1, -0.05) is 23.7 Å². The fourth-order valence-electron chi connectivity index (χ4n) is 3.33. The summed E-state index contributed by atoms with van der Waals surface area (Å²) in [5.74, 6) is 0.172. The van der Waals surface area contributed by atoms with Crippen LogP contribution in [-0.2, 0) is 27.2 Å². The van der Waals surface area contributed by atoms with Crippen molar-refractivity contribution in [3.8, 4) is 5.75 Å². The van der Waals surface area contributed by atoms with Crippen LogP contribution in [0.1, 0.15) is 37.9 Å². The topological polar surface area (TPSA) is 116 Å². The molecule has 0 aliphatic carbocycles. The number of para-hydroxylation sites is 1. The number of carbonyl (C=O) groups excluding carboxylic acids is 2. The van der Waals surface area contributed by atoms with Crippen LogP contribution in [0.15, 0.2) is 53.3 Å². The number of hydrogen-bond donors (Lipinski definition) is 2. The smallest absolute Gasteiger partial charge is 0.291 e. The van der Waals surface area contributed by atoms with E-state index in [1.54, 1.807) is 43.3 Å². The molecule has 0 unspecified atom stereocenters. The molecular weight excluding hydrogens is 460 g/mol. The lowest BCUT2D eigenvalue weighted by Gasteiger charge is -2.09. The third kappa shape index (κ3) is 5.12. The highest BCUT2D eigenvalue weighted by molar-refractivity contribution is 6.32. The number of ether oxygens (including phenoxy) is 1. The Morgan fingerprint density at radius 1 is 1.12 bits per heavy atom. The number of anilines is 1. The zero-order valence-corrected chi connectivity index (χ0v) is 19.6. The maximum Gasteiger partial charge on any atom is 0.291 e. The van der Waals surface area contributed by atoms with Crippen molar-refractivity contribution in [1.82, 2.24) is 24.9 Å². The summed E-state index contributed by atoms with van der Waals surface area (Å²) in [6, 6.07) is 8.65. The van der Waals surface area contributed by atoms with E-state index < -0.39 is 5.91 Å². The molecule has 34 heavy (non-hydrogen) atoms. The summed E-state index contributed by atoms with van der Waals surface area (Å²) in [4.78, 5) is 25.5. The first-order valence-corrected chi connectivity index (χ1v) is 10.8. The molecule has 0 fully saturated rings. The summed E-state index contributed by atoms with van der Waals surface area (Å²) < 4.78 is 14.4. The van der Waals surface area contributed by atoms with E-state index in [0.29, 0.717) is 16.5 Å². The number of furan rings is 1. The Labute approximate surface area is 200 Å². The number of halogens is 1. The predicted molar refractivity (Wildman–Crippen MR) is 125 cm³/mol. The molecule has 3 heterocycles. The predicted octanol–water partition coefficient (Wildman–Crippen LogP) is 3.47. The van der Waals surface area contributed by atoms with Crippen LogP contribution < -0.4 is 15.4 Å². The van der Waals surface area contributed by atoms with Crippen molar-refractivity contribution in [1.29, 1.82) is 0 Å². The van der Waals surface area contributed by atoms with Crippen molar-refractivity contribution in [2.24, 2.45) is 14.1 Å². The molecule has 3 aromatic heterocycles. The molecule has 1 aromatic carbocycles. The molecule has 0 aliphatic heterocycles. The second kappa shape index (κ2) is 9.84. The van der Waals surface area contributed by atoms with E-state index in [4.69, 9.17) is 20.8 Å². The first-order valence-electron chi connectivity index (χ1n) is 10.4. The minimum Gasteiger partial charge on any atom is -0.484 e. The third-order valence-corrected chi connectivity index (χ3v) is 5.32. The minimum absolute atomic E-state index is 0.0695. The molecule has 11 heteroatoms. The molecule has 176 valence electrons. The average molecular weight is 483 g/mol. The summed E-state index contributed by atoms with van der Waals surface area (Å²) in [6.45, 7) is 2.28. The van der Waals surface area contributed by atoms with Crippen LogP contribution in [0.3, 0.4) is 0 Å². The molecule has 0 aliphatic rings. The molecule has 0 saturated carbocycles. The van der Waals surface area contributed by atoms with Gasteiger partial charge in [0.25, 0.3) is 11.8 Å². The Bertz CT molecular complexity index is 1320. The van der Waals surface area contributed by atoms with Crippen molar-refractivity contribution in [3.63, 3.8) is 0 Å². The Morgan fingerprint density at radius 2 is 1.94 bits per heavy atom. The van der Waals surface area contributed by atoms with E-state index in [0.717, 1.165) is 11.1 Å². The highest BCUT2D eigenvalue weighted by Gasteiger charge is 2.21. The maximum atomic E-state index is 12.7. The van der Waals surface area contributed by atoms with Gasteiger partial charge < -0.3 is 19.8 Å². The van der Waals surface area contributed by atoms with E-state index in [1.165, 1.54) is 16.9 Å². The molecule has 4 aromatic rings. The van der Waals surface area contributed by atoms with Crippen molar-refractivity contribution >= 4 is 29.1 Å². The molecule has 2 amide bonds. The molecule has 0 spiro atoms. The molecule has 0 saturated heterocycles. The van der Waals surface area contributed by atoms with Gasteiger partial charge in [0.2, 0.25) is 0 Å². The van der Waals surface area contributed by atoms with E-state index in [9.17, 15) is 9.59 Å². The van der Waals surface area contributed by atoms with E-state index in [1.807, 2.05) is 19.1 Å². The van der Waals surface area contributed by atoms with Crippen molar-refractivity contribution < 1.29 is 18.7 Å². The van der Waals surface area contributed by atoms with Gasteiger partial charge in [-0.15, -0.1) is 0 Å². The lowest BCUT2D eigenvalue weighted by atomic mass is 10.2. The minimum atomic E-state index is -0.519. The second-order valence-corrected chi connectivity index (χ2v) is 8.04. The van der Waals surface area contributed by atoms with Gasteiger partial charge in [-0.25, -0.2) is 0 Å². The summed E-state index contributed by atoms with van der Waals surface area (Å²) in [5, 5.41) is 14.1. The fraction of sp³-hybridized carbons (Fsp3) is 0.217.